The van der Waals surface area contributed by atoms with Gasteiger partial charge in [-0.25, -0.2) is 0 Å². The van der Waals surface area contributed by atoms with Crippen LogP contribution in [0.4, 0.5) is 0 Å². The number of nitrogens with one attached hydrogen (secondary N) is 1. The molecule has 1 saturated carbocycles. The molecule has 1 aliphatic carbocycles. The molecular weight excluding hydrogens is 150 g/mol. The van der Waals surface area contributed by atoms with Crippen molar-refractivity contribution in [2.24, 2.45) is 5.92 Å². The van der Waals surface area contributed by atoms with Crippen LogP contribution in [0.1, 0.15) is 39.0 Å². The van der Waals surface area contributed by atoms with E-state index < -0.39 is 0 Å². The third kappa shape index (κ3) is 3.86. The van der Waals surface area contributed by atoms with E-state index in [0.717, 1.165) is 12.5 Å². The summed E-state index contributed by atoms with van der Waals surface area (Å²) >= 11 is 0. The number of ketones is 1. The van der Waals surface area contributed by atoms with Crippen LogP contribution in [0.2, 0.25) is 0 Å². The molecule has 0 bridgehead atoms. The summed E-state index contributed by atoms with van der Waals surface area (Å²) in [6.45, 7) is 3.19. The fourth-order valence-corrected chi connectivity index (χ4v) is 1.87. The molecule has 0 aromatic rings. The third-order valence-electron chi connectivity index (χ3n) is 2.58. The van der Waals surface area contributed by atoms with Crippen LogP contribution in [0.15, 0.2) is 0 Å². The molecule has 0 saturated heterocycles. The van der Waals surface area contributed by atoms with Gasteiger partial charge < -0.3 is 5.32 Å². The fraction of sp³-hybridized carbons (Fsp3) is 0.900. The molecule has 12 heavy (non-hydrogen) atoms. The van der Waals surface area contributed by atoms with Gasteiger partial charge in [-0.1, -0.05) is 25.7 Å². The van der Waals surface area contributed by atoms with Crippen molar-refractivity contribution in [3.8, 4) is 0 Å². The summed E-state index contributed by atoms with van der Waals surface area (Å²) in [4.78, 5) is 10.6. The lowest BCUT2D eigenvalue weighted by Gasteiger charge is -2.08. The molecule has 0 unspecified atom stereocenters. The monoisotopic (exact) mass is 169 g/mol. The van der Waals surface area contributed by atoms with Crippen molar-refractivity contribution in [3.05, 3.63) is 0 Å². The third-order valence-corrected chi connectivity index (χ3v) is 2.58. The zero-order valence-corrected chi connectivity index (χ0v) is 7.94. The Bertz CT molecular complexity index is 139. The van der Waals surface area contributed by atoms with Gasteiger partial charge in [-0.3, -0.25) is 4.79 Å². The van der Waals surface area contributed by atoms with Gasteiger partial charge in [0.25, 0.3) is 0 Å². The summed E-state index contributed by atoms with van der Waals surface area (Å²) < 4.78 is 0. The molecule has 0 atom stereocenters. The number of hydrogen-bond acceptors (Lipinski definition) is 2. The van der Waals surface area contributed by atoms with E-state index in [1.165, 1.54) is 32.1 Å². The molecule has 1 aliphatic rings. The van der Waals surface area contributed by atoms with E-state index in [0.29, 0.717) is 6.54 Å². The standard InChI is InChI=1S/C10H19NO/c1-9(12)8-11-7-6-10-4-2-3-5-10/h10-11H,2-8H2,1H3. The van der Waals surface area contributed by atoms with E-state index in [2.05, 4.69) is 5.32 Å². The van der Waals surface area contributed by atoms with Crippen molar-refractivity contribution in [3.63, 3.8) is 0 Å². The highest BCUT2D eigenvalue weighted by Gasteiger charge is 2.13. The second-order valence-corrected chi connectivity index (χ2v) is 3.82. The minimum Gasteiger partial charge on any atom is -0.310 e. The zero-order chi connectivity index (χ0) is 8.81. The Morgan fingerprint density at radius 3 is 2.67 bits per heavy atom. The molecule has 1 N–H and O–H groups in total. The Morgan fingerprint density at radius 1 is 1.42 bits per heavy atom. The molecule has 0 radical (unpaired) electrons. The molecule has 2 heteroatoms. The molecule has 0 spiro atoms. The number of rotatable bonds is 5. The topological polar surface area (TPSA) is 29.1 Å². The highest BCUT2D eigenvalue weighted by Crippen LogP contribution is 2.26. The lowest BCUT2D eigenvalue weighted by Crippen LogP contribution is -2.23. The van der Waals surface area contributed by atoms with Gasteiger partial charge in [0.1, 0.15) is 5.78 Å². The van der Waals surface area contributed by atoms with Crippen LogP contribution in [0.5, 0.6) is 0 Å². The van der Waals surface area contributed by atoms with Crippen LogP contribution >= 0.6 is 0 Å². The van der Waals surface area contributed by atoms with E-state index in [1.54, 1.807) is 6.92 Å². The van der Waals surface area contributed by atoms with E-state index in [1.807, 2.05) is 0 Å². The predicted molar refractivity (Wildman–Crippen MR) is 50.1 cm³/mol. The number of carbonyl (C=O) groups excluding carboxylic acids is 1. The SMILES string of the molecule is CC(=O)CNCCC1CCCC1. The minimum absolute atomic E-state index is 0.237. The highest BCUT2D eigenvalue weighted by molar-refractivity contribution is 5.77. The molecule has 1 rings (SSSR count). The first-order valence-corrected chi connectivity index (χ1v) is 4.99. The average Bonchev–Trinajstić information content (AvgIpc) is 2.49. The molecule has 0 aromatic heterocycles. The maximum absolute atomic E-state index is 10.6. The van der Waals surface area contributed by atoms with Crippen molar-refractivity contribution in [2.45, 2.75) is 39.0 Å². The highest BCUT2D eigenvalue weighted by atomic mass is 16.1. The Kier molecular flexibility index (Phi) is 4.30. The van der Waals surface area contributed by atoms with E-state index in [4.69, 9.17) is 0 Å². The smallest absolute Gasteiger partial charge is 0.143 e. The van der Waals surface area contributed by atoms with Crippen LogP contribution in [0, 0.1) is 5.92 Å². The second-order valence-electron chi connectivity index (χ2n) is 3.82. The van der Waals surface area contributed by atoms with Crippen LogP contribution < -0.4 is 5.32 Å². The maximum atomic E-state index is 10.6. The zero-order valence-electron chi connectivity index (χ0n) is 7.94. The number of carbonyl (C=O) groups is 1. The van der Waals surface area contributed by atoms with Crippen molar-refractivity contribution >= 4 is 5.78 Å². The van der Waals surface area contributed by atoms with Gasteiger partial charge in [-0.2, -0.15) is 0 Å². The normalized spacial score (nSPS) is 18.4. The van der Waals surface area contributed by atoms with E-state index in [9.17, 15) is 4.79 Å². The van der Waals surface area contributed by atoms with Crippen LogP contribution in [0.3, 0.4) is 0 Å². The summed E-state index contributed by atoms with van der Waals surface area (Å²) in [7, 11) is 0. The molecule has 0 amide bonds. The number of hydrogen-bond donors (Lipinski definition) is 1. The van der Waals surface area contributed by atoms with Crippen LogP contribution in [0.25, 0.3) is 0 Å². The average molecular weight is 169 g/mol. The van der Waals surface area contributed by atoms with E-state index >= 15 is 0 Å². The first-order valence-electron chi connectivity index (χ1n) is 4.99. The largest absolute Gasteiger partial charge is 0.310 e. The Hall–Kier alpha value is -0.370. The number of Topliss-reactive ketones (excluding diaryl/α,β-unsaturated/α-hetero) is 1. The fourth-order valence-electron chi connectivity index (χ4n) is 1.87. The lowest BCUT2D eigenvalue weighted by atomic mass is 10.0. The van der Waals surface area contributed by atoms with Gasteiger partial charge in [0.2, 0.25) is 0 Å². The summed E-state index contributed by atoms with van der Waals surface area (Å²) in [5.41, 5.74) is 0. The molecule has 0 aromatic carbocycles. The van der Waals surface area contributed by atoms with Gasteiger partial charge in [-0.05, 0) is 25.8 Å². The molecule has 70 valence electrons. The van der Waals surface area contributed by atoms with Gasteiger partial charge in [0.15, 0.2) is 0 Å². The Labute approximate surface area is 74.7 Å². The van der Waals surface area contributed by atoms with Crippen LogP contribution in [-0.2, 0) is 4.79 Å². The van der Waals surface area contributed by atoms with Crippen molar-refractivity contribution in [1.82, 2.24) is 5.32 Å². The summed E-state index contributed by atoms with van der Waals surface area (Å²) in [5.74, 6) is 1.17. The predicted octanol–water partition coefficient (Wildman–Crippen LogP) is 1.75. The van der Waals surface area contributed by atoms with Gasteiger partial charge in [0, 0.05) is 0 Å². The van der Waals surface area contributed by atoms with Crippen molar-refractivity contribution < 1.29 is 4.79 Å². The Morgan fingerprint density at radius 2 is 2.08 bits per heavy atom. The first-order chi connectivity index (χ1) is 5.79. The van der Waals surface area contributed by atoms with E-state index in [-0.39, 0.29) is 5.78 Å². The van der Waals surface area contributed by atoms with Gasteiger partial charge in [-0.15, -0.1) is 0 Å². The lowest BCUT2D eigenvalue weighted by molar-refractivity contribution is -0.116. The Balaban J connectivity index is 1.91. The molecular formula is C10H19NO. The summed E-state index contributed by atoms with van der Waals surface area (Å²) in [6.07, 6.45) is 6.89. The van der Waals surface area contributed by atoms with Gasteiger partial charge >= 0.3 is 0 Å². The molecule has 1 fully saturated rings. The van der Waals surface area contributed by atoms with Crippen molar-refractivity contribution in [2.75, 3.05) is 13.1 Å². The second kappa shape index (κ2) is 5.31. The van der Waals surface area contributed by atoms with Gasteiger partial charge in [0.05, 0.1) is 6.54 Å². The molecule has 0 aliphatic heterocycles. The summed E-state index contributed by atoms with van der Waals surface area (Å²) in [6, 6.07) is 0. The first kappa shape index (κ1) is 9.72. The van der Waals surface area contributed by atoms with Crippen molar-refractivity contribution in [1.29, 1.82) is 0 Å². The van der Waals surface area contributed by atoms with Crippen LogP contribution in [-0.4, -0.2) is 18.9 Å². The molecule has 2 nitrogen and oxygen atoms in total. The quantitative estimate of drug-likeness (QED) is 0.635. The minimum atomic E-state index is 0.237. The summed E-state index contributed by atoms with van der Waals surface area (Å²) in [5, 5.41) is 3.16. The maximum Gasteiger partial charge on any atom is 0.143 e. The molecule has 0 heterocycles.